The zero-order chi connectivity index (χ0) is 19.1. The topological polar surface area (TPSA) is 141 Å². The molecule has 1 heterocycles. The highest BCUT2D eigenvalue weighted by Gasteiger charge is 2.15. The van der Waals surface area contributed by atoms with Crippen molar-refractivity contribution in [3.8, 4) is 17.6 Å². The fourth-order valence-corrected chi connectivity index (χ4v) is 2.06. The number of nitro groups is 1. The van der Waals surface area contributed by atoms with Crippen LogP contribution in [0.3, 0.4) is 0 Å². The van der Waals surface area contributed by atoms with Crippen LogP contribution in [0.15, 0.2) is 40.5 Å². The molecule has 0 fully saturated rings. The fraction of sp³-hybridized carbons (Fsp3) is 0.176. The number of ether oxygens (including phenoxy) is 1. The first kappa shape index (κ1) is 18.5. The second-order valence-corrected chi connectivity index (χ2v) is 4.98. The third-order valence-corrected chi connectivity index (χ3v) is 3.25. The standard InChI is InChI=1S/C17H15N3O6/c1-2-25-15-8-13(20(23)24)7-11(16(15)21)6-12(9-18)17(22)19-10-14-4-3-5-26-14/h3-8,21H,2,10H2,1H3,(H,19,22)/p-1/b12-6-. The van der Waals surface area contributed by atoms with Gasteiger partial charge in [-0.1, -0.05) is 5.75 Å². The molecule has 0 unspecified atom stereocenters. The number of carbonyl (C=O) groups excluding carboxylic acids is 1. The van der Waals surface area contributed by atoms with E-state index in [-0.39, 0.29) is 35.7 Å². The Kier molecular flexibility index (Phi) is 5.95. The predicted octanol–water partition coefficient (Wildman–Crippen LogP) is 1.88. The first-order valence-electron chi connectivity index (χ1n) is 7.50. The minimum Gasteiger partial charge on any atom is -0.870 e. The summed E-state index contributed by atoms with van der Waals surface area (Å²) < 4.78 is 10.2. The molecule has 0 atom stereocenters. The van der Waals surface area contributed by atoms with Gasteiger partial charge in [0.05, 0.1) is 30.4 Å². The Balaban J connectivity index is 2.33. The van der Waals surface area contributed by atoms with Gasteiger partial charge in [0, 0.05) is 6.07 Å². The van der Waals surface area contributed by atoms with Crippen LogP contribution >= 0.6 is 0 Å². The molecule has 1 aromatic carbocycles. The summed E-state index contributed by atoms with van der Waals surface area (Å²) in [5.41, 5.74) is -0.948. The van der Waals surface area contributed by atoms with Crippen LogP contribution in [0.2, 0.25) is 0 Å². The van der Waals surface area contributed by atoms with Gasteiger partial charge in [0.1, 0.15) is 23.2 Å². The Hall–Kier alpha value is -3.80. The van der Waals surface area contributed by atoms with Gasteiger partial charge in [-0.15, -0.1) is 0 Å². The van der Waals surface area contributed by atoms with Crippen molar-refractivity contribution in [1.29, 1.82) is 5.26 Å². The smallest absolute Gasteiger partial charge is 0.273 e. The Morgan fingerprint density at radius 3 is 2.85 bits per heavy atom. The molecule has 1 N–H and O–H groups in total. The van der Waals surface area contributed by atoms with E-state index in [4.69, 9.17) is 9.15 Å². The number of amides is 1. The van der Waals surface area contributed by atoms with Crippen molar-refractivity contribution in [2.24, 2.45) is 0 Å². The number of nitrogens with zero attached hydrogens (tertiary/aromatic N) is 2. The van der Waals surface area contributed by atoms with Gasteiger partial charge >= 0.3 is 0 Å². The van der Waals surface area contributed by atoms with E-state index in [1.165, 1.54) is 6.26 Å². The fourth-order valence-electron chi connectivity index (χ4n) is 2.06. The zero-order valence-corrected chi connectivity index (χ0v) is 13.7. The van der Waals surface area contributed by atoms with Crippen molar-refractivity contribution >= 4 is 17.7 Å². The zero-order valence-electron chi connectivity index (χ0n) is 13.7. The molecule has 0 radical (unpaired) electrons. The van der Waals surface area contributed by atoms with Crippen LogP contribution in [0.5, 0.6) is 11.5 Å². The summed E-state index contributed by atoms with van der Waals surface area (Å²) in [5.74, 6) is -1.13. The molecule has 9 nitrogen and oxygen atoms in total. The predicted molar refractivity (Wildman–Crippen MR) is 87.9 cm³/mol. The second kappa shape index (κ2) is 8.34. The van der Waals surface area contributed by atoms with Crippen LogP contribution in [0.25, 0.3) is 6.08 Å². The van der Waals surface area contributed by atoms with Crippen molar-refractivity contribution in [2.75, 3.05) is 6.61 Å². The van der Waals surface area contributed by atoms with E-state index in [0.29, 0.717) is 5.76 Å². The molecule has 134 valence electrons. The molecule has 0 saturated carbocycles. The van der Waals surface area contributed by atoms with E-state index >= 15 is 0 Å². The molecule has 0 aliphatic carbocycles. The lowest BCUT2D eigenvalue weighted by Crippen LogP contribution is -2.23. The highest BCUT2D eigenvalue weighted by atomic mass is 16.6. The van der Waals surface area contributed by atoms with Gasteiger partial charge in [0.15, 0.2) is 0 Å². The first-order chi connectivity index (χ1) is 12.5. The summed E-state index contributed by atoms with van der Waals surface area (Å²) in [6.45, 7) is 1.80. The lowest BCUT2D eigenvalue weighted by atomic mass is 10.1. The maximum absolute atomic E-state index is 12.3. The molecular formula is C17H14N3O6-. The number of benzene rings is 1. The molecule has 2 aromatic rings. The summed E-state index contributed by atoms with van der Waals surface area (Å²) in [4.78, 5) is 22.4. The maximum atomic E-state index is 12.3. The quantitative estimate of drug-likeness (QED) is 0.345. The second-order valence-electron chi connectivity index (χ2n) is 4.98. The van der Waals surface area contributed by atoms with Gasteiger partial charge in [-0.2, -0.15) is 5.26 Å². The van der Waals surface area contributed by atoms with Gasteiger partial charge in [-0.25, -0.2) is 0 Å². The van der Waals surface area contributed by atoms with Gasteiger partial charge in [0.2, 0.25) is 0 Å². The molecule has 1 amide bonds. The molecule has 26 heavy (non-hydrogen) atoms. The third-order valence-electron chi connectivity index (χ3n) is 3.25. The van der Waals surface area contributed by atoms with Gasteiger partial charge in [0.25, 0.3) is 11.6 Å². The Morgan fingerprint density at radius 2 is 2.27 bits per heavy atom. The number of nitriles is 1. The summed E-state index contributed by atoms with van der Waals surface area (Å²) in [7, 11) is 0. The van der Waals surface area contributed by atoms with Gasteiger partial charge < -0.3 is 19.6 Å². The average molecular weight is 356 g/mol. The number of nitro benzene ring substituents is 1. The number of rotatable bonds is 7. The summed E-state index contributed by atoms with van der Waals surface area (Å²) >= 11 is 0. The Morgan fingerprint density at radius 1 is 1.50 bits per heavy atom. The van der Waals surface area contributed by atoms with Crippen molar-refractivity contribution in [2.45, 2.75) is 13.5 Å². The van der Waals surface area contributed by atoms with E-state index in [0.717, 1.165) is 18.2 Å². The lowest BCUT2D eigenvalue weighted by Gasteiger charge is -2.17. The van der Waals surface area contributed by atoms with E-state index < -0.39 is 16.6 Å². The van der Waals surface area contributed by atoms with E-state index in [2.05, 4.69) is 5.32 Å². The summed E-state index contributed by atoms with van der Waals surface area (Å²) in [5, 5.41) is 35.0. The number of hydrogen-bond acceptors (Lipinski definition) is 7. The van der Waals surface area contributed by atoms with E-state index in [9.17, 15) is 25.3 Å². The van der Waals surface area contributed by atoms with Crippen LogP contribution in [0.1, 0.15) is 18.2 Å². The van der Waals surface area contributed by atoms with Crippen LogP contribution in [0, 0.1) is 21.4 Å². The number of carbonyl (C=O) groups is 1. The first-order valence-corrected chi connectivity index (χ1v) is 7.50. The van der Waals surface area contributed by atoms with Gasteiger partial charge in [-0.3, -0.25) is 14.9 Å². The molecule has 0 spiro atoms. The largest absolute Gasteiger partial charge is 0.870 e. The number of nitrogens with one attached hydrogen (secondary N) is 1. The molecule has 9 heteroatoms. The van der Waals surface area contributed by atoms with Crippen LogP contribution in [-0.2, 0) is 11.3 Å². The SMILES string of the molecule is CCOc1cc([N+](=O)[O-])cc(/C=C(/C#N)C(=O)NCc2ccco2)c1[O-]. The highest BCUT2D eigenvalue weighted by Crippen LogP contribution is 2.34. The number of hydrogen-bond donors (Lipinski definition) is 1. The van der Waals surface area contributed by atoms with E-state index in [1.54, 1.807) is 25.1 Å². The van der Waals surface area contributed by atoms with Crippen molar-refractivity contribution < 1.29 is 24.0 Å². The summed E-state index contributed by atoms with van der Waals surface area (Å²) in [6.07, 6.45) is 2.43. The molecule has 0 saturated heterocycles. The number of furan rings is 1. The third kappa shape index (κ3) is 4.39. The summed E-state index contributed by atoms with van der Waals surface area (Å²) in [6, 6.07) is 6.95. The van der Waals surface area contributed by atoms with Crippen LogP contribution in [-0.4, -0.2) is 17.4 Å². The molecule has 0 aliphatic heterocycles. The van der Waals surface area contributed by atoms with Crippen LogP contribution in [0.4, 0.5) is 5.69 Å². The molecular weight excluding hydrogens is 342 g/mol. The minimum atomic E-state index is -0.743. The van der Waals surface area contributed by atoms with Crippen LogP contribution < -0.4 is 15.2 Å². The minimum absolute atomic E-state index is 0.0498. The Bertz CT molecular complexity index is 881. The highest BCUT2D eigenvalue weighted by molar-refractivity contribution is 6.02. The van der Waals surface area contributed by atoms with Crippen molar-refractivity contribution in [1.82, 2.24) is 5.32 Å². The Labute approximate surface area is 148 Å². The normalized spacial score (nSPS) is 10.8. The molecule has 0 aliphatic rings. The monoisotopic (exact) mass is 356 g/mol. The van der Waals surface area contributed by atoms with Crippen molar-refractivity contribution in [3.63, 3.8) is 0 Å². The van der Waals surface area contributed by atoms with E-state index in [1.807, 2.05) is 0 Å². The number of non-ortho nitro benzene ring substituents is 1. The maximum Gasteiger partial charge on any atom is 0.273 e. The molecule has 2 rings (SSSR count). The van der Waals surface area contributed by atoms with Crippen molar-refractivity contribution in [3.05, 3.63) is 57.5 Å². The van der Waals surface area contributed by atoms with Gasteiger partial charge in [-0.05, 0) is 30.7 Å². The molecule has 1 aromatic heterocycles. The molecule has 0 bridgehead atoms. The average Bonchev–Trinajstić information content (AvgIpc) is 3.13. The lowest BCUT2D eigenvalue weighted by molar-refractivity contribution is -0.385.